The normalized spacial score (nSPS) is 15.9. The van der Waals surface area contributed by atoms with E-state index in [-0.39, 0.29) is 10.7 Å². The van der Waals surface area contributed by atoms with Crippen molar-refractivity contribution < 1.29 is 19.1 Å². The lowest BCUT2D eigenvalue weighted by atomic mass is 9.94. The molecule has 6 nitrogen and oxygen atoms in total. The van der Waals surface area contributed by atoms with Gasteiger partial charge in [-0.25, -0.2) is 4.79 Å². The van der Waals surface area contributed by atoms with E-state index < -0.39 is 12.0 Å². The third-order valence-electron chi connectivity index (χ3n) is 5.88. The van der Waals surface area contributed by atoms with Crippen LogP contribution in [0.4, 0.5) is 0 Å². The average Bonchev–Trinajstić information content (AvgIpc) is 2.83. The van der Waals surface area contributed by atoms with Gasteiger partial charge in [0.2, 0.25) is 5.91 Å². The molecule has 1 amide bonds. The van der Waals surface area contributed by atoms with Crippen molar-refractivity contribution in [2.45, 2.75) is 63.9 Å². The van der Waals surface area contributed by atoms with Crippen LogP contribution in [0.5, 0.6) is 5.75 Å². The quantitative estimate of drug-likeness (QED) is 0.367. The van der Waals surface area contributed by atoms with Gasteiger partial charge in [0, 0.05) is 30.7 Å². The lowest BCUT2D eigenvalue weighted by Gasteiger charge is -2.34. The highest BCUT2D eigenvalue weighted by Gasteiger charge is 2.27. The number of nitrogens with zero attached hydrogens (tertiary/aromatic N) is 1. The van der Waals surface area contributed by atoms with Crippen LogP contribution in [0.15, 0.2) is 54.6 Å². The maximum atomic E-state index is 12.8. The number of esters is 1. The summed E-state index contributed by atoms with van der Waals surface area (Å²) in [6.07, 6.45) is 2.79. The van der Waals surface area contributed by atoms with E-state index >= 15 is 0 Å². The van der Waals surface area contributed by atoms with Gasteiger partial charge in [0.15, 0.2) is 0 Å². The van der Waals surface area contributed by atoms with Gasteiger partial charge in [-0.15, -0.1) is 0 Å². The molecule has 0 aromatic heterocycles. The van der Waals surface area contributed by atoms with Crippen molar-refractivity contribution in [3.63, 3.8) is 0 Å². The third kappa shape index (κ3) is 9.57. The van der Waals surface area contributed by atoms with Crippen LogP contribution >= 0.6 is 11.9 Å². The number of piperidine rings is 1. The molecule has 1 fully saturated rings. The van der Waals surface area contributed by atoms with Crippen LogP contribution in [0.3, 0.4) is 0 Å². The Labute approximate surface area is 213 Å². The van der Waals surface area contributed by atoms with Crippen molar-refractivity contribution in [1.82, 2.24) is 9.62 Å². The smallest absolute Gasteiger partial charge is 0.328 e. The second-order valence-electron chi connectivity index (χ2n) is 10.0. The largest absolute Gasteiger partial charge is 0.489 e. The van der Waals surface area contributed by atoms with E-state index in [2.05, 4.69) is 30.4 Å². The molecule has 7 heteroatoms. The number of hydrogen-bond acceptors (Lipinski definition) is 6. The number of benzene rings is 2. The lowest BCUT2D eigenvalue weighted by Crippen LogP contribution is -2.44. The summed E-state index contributed by atoms with van der Waals surface area (Å²) < 4.78 is 13.4. The molecule has 2 aromatic carbocycles. The molecular formula is C28H38N2O4S. The van der Waals surface area contributed by atoms with Crippen LogP contribution in [0, 0.1) is 5.92 Å². The summed E-state index contributed by atoms with van der Waals surface area (Å²) in [6, 6.07) is 16.9. The number of hydrogen-bond donors (Lipinski definition) is 1. The second-order valence-corrected chi connectivity index (χ2v) is 12.0. The number of rotatable bonds is 10. The van der Waals surface area contributed by atoms with Crippen molar-refractivity contribution in [3.8, 4) is 5.75 Å². The summed E-state index contributed by atoms with van der Waals surface area (Å²) in [5.41, 5.74) is 2.03. The second kappa shape index (κ2) is 13.0. The molecule has 2 aromatic rings. The van der Waals surface area contributed by atoms with Crippen molar-refractivity contribution in [1.29, 1.82) is 0 Å². The van der Waals surface area contributed by atoms with Gasteiger partial charge in [-0.1, -0.05) is 54.4 Å². The van der Waals surface area contributed by atoms with Crippen LogP contribution < -0.4 is 10.1 Å². The molecule has 1 saturated heterocycles. The molecule has 35 heavy (non-hydrogen) atoms. The minimum atomic E-state index is -0.708. The first kappa shape index (κ1) is 27.1. The highest BCUT2D eigenvalue weighted by atomic mass is 32.2. The minimum absolute atomic E-state index is 0.0925. The zero-order valence-corrected chi connectivity index (χ0v) is 22.1. The van der Waals surface area contributed by atoms with Crippen LogP contribution in [0.1, 0.15) is 51.2 Å². The maximum absolute atomic E-state index is 12.8. The maximum Gasteiger partial charge on any atom is 0.328 e. The van der Waals surface area contributed by atoms with Gasteiger partial charge < -0.3 is 14.8 Å². The van der Waals surface area contributed by atoms with E-state index in [0.29, 0.717) is 25.4 Å². The van der Waals surface area contributed by atoms with Crippen LogP contribution in [-0.4, -0.2) is 47.2 Å². The molecule has 190 valence electrons. The van der Waals surface area contributed by atoms with E-state index in [0.717, 1.165) is 42.8 Å². The third-order valence-corrected chi connectivity index (χ3v) is 7.05. The zero-order chi connectivity index (χ0) is 25.3. The number of methoxy groups -OCH3 is 1. The van der Waals surface area contributed by atoms with Crippen LogP contribution in [0.2, 0.25) is 0 Å². The molecule has 0 radical (unpaired) electrons. The first-order chi connectivity index (χ1) is 16.7. The fourth-order valence-electron chi connectivity index (χ4n) is 4.14. The van der Waals surface area contributed by atoms with Gasteiger partial charge in [-0.3, -0.25) is 9.10 Å². The van der Waals surface area contributed by atoms with Crippen molar-refractivity contribution >= 4 is 23.8 Å². The van der Waals surface area contributed by atoms with Gasteiger partial charge >= 0.3 is 5.97 Å². The Hall–Kier alpha value is -2.51. The van der Waals surface area contributed by atoms with Crippen LogP contribution in [-0.2, 0) is 27.4 Å². The van der Waals surface area contributed by atoms with Gasteiger partial charge in [-0.05, 0) is 62.8 Å². The predicted octanol–water partition coefficient (Wildman–Crippen LogP) is 5.01. The molecular weight excluding hydrogens is 460 g/mol. The van der Waals surface area contributed by atoms with Gasteiger partial charge in [-0.2, -0.15) is 0 Å². The number of carbonyl (C=O) groups excluding carboxylic acids is 2. The zero-order valence-electron chi connectivity index (χ0n) is 21.3. The molecule has 1 aliphatic heterocycles. The summed E-state index contributed by atoms with van der Waals surface area (Å²) >= 11 is 1.88. The van der Waals surface area contributed by atoms with Crippen LogP contribution in [0.25, 0.3) is 0 Å². The first-order valence-corrected chi connectivity index (χ1v) is 13.1. The van der Waals surface area contributed by atoms with E-state index in [9.17, 15) is 9.59 Å². The Balaban J connectivity index is 1.48. The average molecular weight is 499 g/mol. The highest BCUT2D eigenvalue weighted by Crippen LogP contribution is 2.32. The molecule has 0 spiro atoms. The van der Waals surface area contributed by atoms with E-state index in [1.165, 1.54) is 7.11 Å². The summed E-state index contributed by atoms with van der Waals surface area (Å²) in [6.45, 7) is 9.12. The SMILES string of the molecule is COC(=O)C(Cc1ccc(OCc2ccccc2)cc1)NC(=O)CC1CCN(SC(C)(C)C)CC1. The fraction of sp³-hybridized carbons (Fsp3) is 0.500. The van der Waals surface area contributed by atoms with Crippen molar-refractivity contribution in [3.05, 3.63) is 65.7 Å². The topological polar surface area (TPSA) is 67.9 Å². The number of amides is 1. The Morgan fingerprint density at radius 1 is 1.03 bits per heavy atom. The molecule has 1 unspecified atom stereocenters. The van der Waals surface area contributed by atoms with Crippen molar-refractivity contribution in [2.75, 3.05) is 20.2 Å². The Morgan fingerprint density at radius 3 is 2.29 bits per heavy atom. The molecule has 0 bridgehead atoms. The fourth-order valence-corrected chi connectivity index (χ4v) is 5.31. The molecule has 0 saturated carbocycles. The van der Waals surface area contributed by atoms with E-state index in [4.69, 9.17) is 9.47 Å². The molecule has 1 heterocycles. The molecule has 1 atom stereocenters. The summed E-state index contributed by atoms with van der Waals surface area (Å²) in [5, 5.41) is 2.91. The van der Waals surface area contributed by atoms with E-state index in [1.807, 2.05) is 66.5 Å². The molecule has 0 aliphatic carbocycles. The predicted molar refractivity (Wildman–Crippen MR) is 141 cm³/mol. The summed E-state index contributed by atoms with van der Waals surface area (Å²) in [5.74, 6) is 0.572. The molecule has 1 aliphatic rings. The van der Waals surface area contributed by atoms with Crippen molar-refractivity contribution in [2.24, 2.45) is 5.92 Å². The van der Waals surface area contributed by atoms with Gasteiger partial charge in [0.05, 0.1) is 7.11 Å². The standard InChI is InChI=1S/C28H38N2O4S/c1-28(2,3)35-30-16-14-22(15-17-30)19-26(31)29-25(27(32)33-4)18-21-10-12-24(13-11-21)34-20-23-8-6-5-7-9-23/h5-13,22,25H,14-20H2,1-4H3,(H,29,31). The van der Waals surface area contributed by atoms with Gasteiger partial charge in [0.1, 0.15) is 18.4 Å². The highest BCUT2D eigenvalue weighted by molar-refractivity contribution is 7.98. The number of ether oxygens (including phenoxy) is 2. The number of carbonyl (C=O) groups is 2. The monoisotopic (exact) mass is 498 g/mol. The lowest BCUT2D eigenvalue weighted by molar-refractivity contribution is -0.145. The van der Waals surface area contributed by atoms with Gasteiger partial charge in [0.25, 0.3) is 0 Å². The summed E-state index contributed by atoms with van der Waals surface area (Å²) in [4.78, 5) is 25.1. The minimum Gasteiger partial charge on any atom is -0.489 e. The Kier molecular flexibility index (Phi) is 10.0. The Morgan fingerprint density at radius 2 is 1.69 bits per heavy atom. The number of nitrogens with one attached hydrogen (secondary N) is 1. The molecule has 1 N–H and O–H groups in total. The summed E-state index contributed by atoms with van der Waals surface area (Å²) in [7, 11) is 1.35. The molecule has 3 rings (SSSR count). The van der Waals surface area contributed by atoms with E-state index in [1.54, 1.807) is 0 Å². The Bertz CT molecular complexity index is 936. The first-order valence-electron chi connectivity index (χ1n) is 12.3.